The summed E-state index contributed by atoms with van der Waals surface area (Å²) >= 11 is 0. The van der Waals surface area contributed by atoms with Crippen molar-refractivity contribution in [3.05, 3.63) is 48.0 Å². The lowest BCUT2D eigenvalue weighted by molar-refractivity contribution is -0.118. The Bertz CT molecular complexity index is 684. The lowest BCUT2D eigenvalue weighted by atomic mass is 10.1. The molecular weight excluding hydrogens is 282 g/mol. The summed E-state index contributed by atoms with van der Waals surface area (Å²) in [6.45, 7) is 2.23. The third kappa shape index (κ3) is 3.14. The van der Waals surface area contributed by atoms with Gasteiger partial charge in [0.2, 0.25) is 6.79 Å². The van der Waals surface area contributed by atoms with Gasteiger partial charge in [0.05, 0.1) is 0 Å². The SMILES string of the molecule is CCc1ccccc1OCC(=O)Nc1ccc2c(c1)OCO2. The maximum absolute atomic E-state index is 12.0. The summed E-state index contributed by atoms with van der Waals surface area (Å²) in [4.78, 5) is 12.0. The van der Waals surface area contributed by atoms with E-state index in [9.17, 15) is 4.79 Å². The summed E-state index contributed by atoms with van der Waals surface area (Å²) in [5.41, 5.74) is 1.74. The van der Waals surface area contributed by atoms with E-state index in [1.807, 2.05) is 24.3 Å². The number of aryl methyl sites for hydroxylation is 1. The van der Waals surface area contributed by atoms with E-state index in [4.69, 9.17) is 14.2 Å². The molecule has 1 heterocycles. The van der Waals surface area contributed by atoms with Crippen molar-refractivity contribution in [1.82, 2.24) is 0 Å². The van der Waals surface area contributed by atoms with Gasteiger partial charge in [-0.25, -0.2) is 0 Å². The molecule has 3 rings (SSSR count). The molecule has 0 saturated heterocycles. The molecule has 0 radical (unpaired) electrons. The van der Waals surface area contributed by atoms with E-state index in [0.717, 1.165) is 17.7 Å². The number of ether oxygens (including phenoxy) is 3. The van der Waals surface area contributed by atoms with Crippen LogP contribution in [0, 0.1) is 0 Å². The van der Waals surface area contributed by atoms with Gasteiger partial charge in [-0.05, 0) is 30.2 Å². The number of nitrogens with one attached hydrogen (secondary N) is 1. The number of para-hydroxylation sites is 1. The van der Waals surface area contributed by atoms with Crippen molar-refractivity contribution in [2.24, 2.45) is 0 Å². The highest BCUT2D eigenvalue weighted by Crippen LogP contribution is 2.34. The molecule has 0 unspecified atom stereocenters. The fourth-order valence-electron chi connectivity index (χ4n) is 2.25. The van der Waals surface area contributed by atoms with Crippen molar-refractivity contribution in [1.29, 1.82) is 0 Å². The first kappa shape index (κ1) is 14.3. The number of fused-ring (bicyclic) bond motifs is 1. The molecule has 2 aromatic rings. The topological polar surface area (TPSA) is 56.8 Å². The number of carbonyl (C=O) groups excluding carboxylic acids is 1. The van der Waals surface area contributed by atoms with E-state index in [1.54, 1.807) is 18.2 Å². The number of rotatable bonds is 5. The fraction of sp³-hybridized carbons (Fsp3) is 0.235. The highest BCUT2D eigenvalue weighted by molar-refractivity contribution is 5.92. The predicted octanol–water partition coefficient (Wildman–Crippen LogP) is 3.00. The minimum Gasteiger partial charge on any atom is -0.483 e. The van der Waals surface area contributed by atoms with E-state index in [2.05, 4.69) is 12.2 Å². The van der Waals surface area contributed by atoms with Crippen LogP contribution in [-0.2, 0) is 11.2 Å². The smallest absolute Gasteiger partial charge is 0.262 e. The van der Waals surface area contributed by atoms with Gasteiger partial charge in [-0.15, -0.1) is 0 Å². The fourth-order valence-corrected chi connectivity index (χ4v) is 2.25. The maximum atomic E-state index is 12.0. The van der Waals surface area contributed by atoms with E-state index < -0.39 is 0 Å². The molecule has 0 bridgehead atoms. The third-order valence-electron chi connectivity index (χ3n) is 3.37. The van der Waals surface area contributed by atoms with Crippen LogP contribution in [-0.4, -0.2) is 19.3 Å². The molecule has 0 saturated carbocycles. The Morgan fingerprint density at radius 2 is 2.00 bits per heavy atom. The first-order chi connectivity index (χ1) is 10.8. The minimum absolute atomic E-state index is 0.0363. The second-order valence-corrected chi connectivity index (χ2v) is 4.87. The maximum Gasteiger partial charge on any atom is 0.262 e. The monoisotopic (exact) mass is 299 g/mol. The molecule has 0 spiro atoms. The molecule has 0 aliphatic carbocycles. The summed E-state index contributed by atoms with van der Waals surface area (Å²) in [5, 5.41) is 2.78. The van der Waals surface area contributed by atoms with Crippen LogP contribution < -0.4 is 19.5 Å². The zero-order chi connectivity index (χ0) is 15.4. The summed E-state index contributed by atoms with van der Waals surface area (Å²) in [6, 6.07) is 13.0. The molecule has 0 atom stereocenters. The van der Waals surface area contributed by atoms with Gasteiger partial charge in [0.25, 0.3) is 5.91 Å². The number of hydrogen-bond donors (Lipinski definition) is 1. The van der Waals surface area contributed by atoms with Crippen LogP contribution in [0.1, 0.15) is 12.5 Å². The molecular formula is C17H17NO4. The number of anilines is 1. The lowest BCUT2D eigenvalue weighted by Crippen LogP contribution is -2.20. The molecule has 114 valence electrons. The van der Waals surface area contributed by atoms with Crippen molar-refractivity contribution < 1.29 is 19.0 Å². The number of carbonyl (C=O) groups is 1. The number of amides is 1. The molecule has 5 heteroatoms. The van der Waals surface area contributed by atoms with Gasteiger partial charge in [-0.2, -0.15) is 0 Å². The van der Waals surface area contributed by atoms with Crippen LogP contribution in [0.3, 0.4) is 0 Å². The molecule has 22 heavy (non-hydrogen) atoms. The summed E-state index contributed by atoms with van der Waals surface area (Å²) < 4.78 is 16.1. The normalized spacial score (nSPS) is 12.0. The Morgan fingerprint density at radius 1 is 1.18 bits per heavy atom. The molecule has 1 N–H and O–H groups in total. The Balaban J connectivity index is 1.58. The molecule has 2 aromatic carbocycles. The Labute approximate surface area is 128 Å². The van der Waals surface area contributed by atoms with Crippen LogP contribution in [0.25, 0.3) is 0 Å². The third-order valence-corrected chi connectivity index (χ3v) is 3.37. The molecule has 1 amide bonds. The van der Waals surface area contributed by atoms with Gasteiger partial charge in [0, 0.05) is 11.8 Å². The van der Waals surface area contributed by atoms with Crippen LogP contribution in [0.2, 0.25) is 0 Å². The van der Waals surface area contributed by atoms with Crippen molar-refractivity contribution in [2.75, 3.05) is 18.7 Å². The van der Waals surface area contributed by atoms with E-state index >= 15 is 0 Å². The van der Waals surface area contributed by atoms with Crippen LogP contribution in [0.5, 0.6) is 17.2 Å². The van der Waals surface area contributed by atoms with E-state index in [-0.39, 0.29) is 19.3 Å². The number of hydrogen-bond acceptors (Lipinski definition) is 4. The molecule has 5 nitrogen and oxygen atoms in total. The predicted molar refractivity (Wildman–Crippen MR) is 82.5 cm³/mol. The lowest BCUT2D eigenvalue weighted by Gasteiger charge is -2.10. The highest BCUT2D eigenvalue weighted by Gasteiger charge is 2.14. The average Bonchev–Trinajstić information content (AvgIpc) is 3.01. The van der Waals surface area contributed by atoms with Crippen molar-refractivity contribution in [3.63, 3.8) is 0 Å². The van der Waals surface area contributed by atoms with Gasteiger partial charge in [-0.3, -0.25) is 4.79 Å². The molecule has 0 aromatic heterocycles. The van der Waals surface area contributed by atoms with Gasteiger partial charge in [-0.1, -0.05) is 25.1 Å². The zero-order valence-corrected chi connectivity index (χ0v) is 12.3. The zero-order valence-electron chi connectivity index (χ0n) is 12.3. The average molecular weight is 299 g/mol. The largest absolute Gasteiger partial charge is 0.483 e. The Morgan fingerprint density at radius 3 is 2.86 bits per heavy atom. The quantitative estimate of drug-likeness (QED) is 0.922. The first-order valence-corrected chi connectivity index (χ1v) is 7.16. The Hall–Kier alpha value is -2.69. The summed E-state index contributed by atoms with van der Waals surface area (Å²) in [7, 11) is 0. The minimum atomic E-state index is -0.218. The van der Waals surface area contributed by atoms with Crippen molar-refractivity contribution >= 4 is 11.6 Å². The molecule has 1 aliphatic rings. The summed E-state index contributed by atoms with van der Waals surface area (Å²) in [5.74, 6) is 1.84. The molecule has 1 aliphatic heterocycles. The van der Waals surface area contributed by atoms with E-state index in [0.29, 0.717) is 17.2 Å². The van der Waals surface area contributed by atoms with E-state index in [1.165, 1.54) is 0 Å². The van der Waals surface area contributed by atoms with Gasteiger partial charge in [0.15, 0.2) is 18.1 Å². The number of benzene rings is 2. The Kier molecular flexibility index (Phi) is 4.14. The second kappa shape index (κ2) is 6.39. The highest BCUT2D eigenvalue weighted by atomic mass is 16.7. The van der Waals surface area contributed by atoms with Crippen molar-refractivity contribution in [2.45, 2.75) is 13.3 Å². The van der Waals surface area contributed by atoms with Gasteiger partial charge in [0.1, 0.15) is 5.75 Å². The summed E-state index contributed by atoms with van der Waals surface area (Å²) in [6.07, 6.45) is 0.861. The standard InChI is InChI=1S/C17H17NO4/c1-2-12-5-3-4-6-14(12)20-10-17(19)18-13-7-8-15-16(9-13)22-11-21-15/h3-9H,2,10-11H2,1H3,(H,18,19). The molecule has 0 fully saturated rings. The van der Waals surface area contributed by atoms with Crippen LogP contribution in [0.4, 0.5) is 5.69 Å². The van der Waals surface area contributed by atoms with Crippen molar-refractivity contribution in [3.8, 4) is 17.2 Å². The van der Waals surface area contributed by atoms with Gasteiger partial charge >= 0.3 is 0 Å². The second-order valence-electron chi connectivity index (χ2n) is 4.87. The van der Waals surface area contributed by atoms with Crippen LogP contribution in [0.15, 0.2) is 42.5 Å². The van der Waals surface area contributed by atoms with Gasteiger partial charge < -0.3 is 19.5 Å². The van der Waals surface area contributed by atoms with Crippen LogP contribution >= 0.6 is 0 Å². The first-order valence-electron chi connectivity index (χ1n) is 7.16.